The van der Waals surface area contributed by atoms with Crippen LogP contribution in [0.5, 0.6) is 0 Å². The summed E-state index contributed by atoms with van der Waals surface area (Å²) in [5, 5.41) is 5.07. The summed E-state index contributed by atoms with van der Waals surface area (Å²) < 4.78 is 12.4. The maximum atomic E-state index is 12.5. The Balaban J connectivity index is 1.81. The maximum Gasteiger partial charge on any atom is 0.253 e. The molecule has 0 bridgehead atoms. The molecule has 28 heavy (non-hydrogen) atoms. The first-order chi connectivity index (χ1) is 13.3. The van der Waals surface area contributed by atoms with Crippen LogP contribution in [0, 0.1) is 5.92 Å². The number of aromatic amines is 1. The van der Waals surface area contributed by atoms with Gasteiger partial charge in [0.1, 0.15) is 5.03 Å². The second-order valence-corrected chi connectivity index (χ2v) is 9.06. The van der Waals surface area contributed by atoms with Crippen molar-refractivity contribution in [3.8, 4) is 0 Å². The molecular weight excluding hydrogens is 396 g/mol. The molecule has 2 heterocycles. The van der Waals surface area contributed by atoms with Crippen LogP contribution in [0.3, 0.4) is 0 Å². The molecule has 0 saturated heterocycles. The van der Waals surface area contributed by atoms with E-state index in [9.17, 15) is 9.00 Å². The summed E-state index contributed by atoms with van der Waals surface area (Å²) in [5.41, 5.74) is 1.08. The Bertz CT molecular complexity index is 1070. The summed E-state index contributed by atoms with van der Waals surface area (Å²) in [6.45, 7) is 6.05. The second-order valence-electron chi connectivity index (χ2n) is 7.10. The lowest BCUT2D eigenvalue weighted by molar-refractivity contribution is 0.618. The van der Waals surface area contributed by atoms with Crippen LogP contribution in [0.15, 0.2) is 46.3 Å². The fourth-order valence-corrected chi connectivity index (χ4v) is 4.25. The summed E-state index contributed by atoms with van der Waals surface area (Å²) in [4.78, 5) is 23.9. The summed E-state index contributed by atoms with van der Waals surface area (Å²) in [7, 11) is -1.17. The van der Waals surface area contributed by atoms with Gasteiger partial charge in [0.2, 0.25) is 5.95 Å². The zero-order valence-electron chi connectivity index (χ0n) is 16.0. The van der Waals surface area contributed by atoms with E-state index in [-0.39, 0.29) is 11.6 Å². The molecule has 0 amide bonds. The molecule has 1 aromatic carbocycles. The van der Waals surface area contributed by atoms with Crippen LogP contribution in [0.1, 0.15) is 38.8 Å². The van der Waals surface area contributed by atoms with Crippen molar-refractivity contribution in [1.82, 2.24) is 15.0 Å². The van der Waals surface area contributed by atoms with Gasteiger partial charge in [0.05, 0.1) is 16.8 Å². The Hall–Kier alpha value is -2.25. The Morgan fingerprint density at radius 1 is 1.21 bits per heavy atom. The Labute approximate surface area is 171 Å². The van der Waals surface area contributed by atoms with Crippen molar-refractivity contribution in [2.24, 2.45) is 5.92 Å². The van der Waals surface area contributed by atoms with Gasteiger partial charge in [-0.2, -0.15) is 0 Å². The highest BCUT2D eigenvalue weighted by Crippen LogP contribution is 2.21. The highest BCUT2D eigenvalue weighted by molar-refractivity contribution is 7.84. The van der Waals surface area contributed by atoms with E-state index in [1.165, 1.54) is 0 Å². The van der Waals surface area contributed by atoms with Gasteiger partial charge in [-0.15, -0.1) is 0 Å². The SMILES string of the molecule is CC(C)CC[S@](=O)c1ccnc(N[C@@H](C)c2cc3cc(Cl)ccc3[nH]c2=O)n1. The molecule has 2 atom stereocenters. The van der Waals surface area contributed by atoms with Crippen molar-refractivity contribution in [1.29, 1.82) is 0 Å². The molecular formula is C20H23ClN4O2S. The van der Waals surface area contributed by atoms with Gasteiger partial charge in [-0.1, -0.05) is 25.4 Å². The van der Waals surface area contributed by atoms with E-state index in [0.29, 0.717) is 33.2 Å². The van der Waals surface area contributed by atoms with E-state index in [0.717, 1.165) is 17.3 Å². The van der Waals surface area contributed by atoms with Gasteiger partial charge < -0.3 is 10.3 Å². The number of hydrogen-bond donors (Lipinski definition) is 2. The number of benzene rings is 1. The van der Waals surface area contributed by atoms with Gasteiger partial charge in [0.15, 0.2) is 0 Å². The normalized spacial score (nSPS) is 13.6. The van der Waals surface area contributed by atoms with Gasteiger partial charge in [0.25, 0.3) is 5.56 Å². The molecule has 0 saturated carbocycles. The third-order valence-corrected chi connectivity index (χ3v) is 5.93. The minimum Gasteiger partial charge on any atom is -0.347 e. The van der Waals surface area contributed by atoms with E-state index in [4.69, 9.17) is 11.6 Å². The fraction of sp³-hybridized carbons (Fsp3) is 0.350. The molecule has 0 aliphatic carbocycles. The zero-order chi connectivity index (χ0) is 20.3. The first kappa shape index (κ1) is 20.5. The first-order valence-corrected chi connectivity index (χ1v) is 10.8. The monoisotopic (exact) mass is 418 g/mol. The van der Waals surface area contributed by atoms with Crippen molar-refractivity contribution in [3.63, 3.8) is 0 Å². The Morgan fingerprint density at radius 3 is 2.75 bits per heavy atom. The summed E-state index contributed by atoms with van der Waals surface area (Å²) >= 11 is 6.06. The van der Waals surface area contributed by atoms with Crippen molar-refractivity contribution >= 4 is 39.3 Å². The Kier molecular flexibility index (Phi) is 6.46. The van der Waals surface area contributed by atoms with Crippen LogP contribution >= 0.6 is 11.6 Å². The average Bonchev–Trinajstić information content (AvgIpc) is 2.66. The zero-order valence-corrected chi connectivity index (χ0v) is 17.6. The number of halogens is 1. The molecule has 0 unspecified atom stereocenters. The summed E-state index contributed by atoms with van der Waals surface area (Å²) in [6.07, 6.45) is 2.44. The number of fused-ring (bicyclic) bond motifs is 1. The lowest BCUT2D eigenvalue weighted by Crippen LogP contribution is -2.20. The predicted molar refractivity (Wildman–Crippen MR) is 114 cm³/mol. The lowest BCUT2D eigenvalue weighted by atomic mass is 10.1. The molecule has 6 nitrogen and oxygen atoms in total. The maximum absolute atomic E-state index is 12.5. The fourth-order valence-electron chi connectivity index (χ4n) is 2.77. The van der Waals surface area contributed by atoms with E-state index in [2.05, 4.69) is 34.1 Å². The van der Waals surface area contributed by atoms with Crippen LogP contribution in [0.4, 0.5) is 5.95 Å². The van der Waals surface area contributed by atoms with Crippen LogP contribution in [0.25, 0.3) is 10.9 Å². The molecule has 0 fully saturated rings. The molecule has 2 aromatic heterocycles. The highest BCUT2D eigenvalue weighted by atomic mass is 35.5. The van der Waals surface area contributed by atoms with Gasteiger partial charge in [-0.05, 0) is 49.6 Å². The minimum atomic E-state index is -1.17. The summed E-state index contributed by atoms with van der Waals surface area (Å²) in [6, 6.07) is 8.45. The van der Waals surface area contributed by atoms with E-state index in [1.807, 2.05) is 13.0 Å². The predicted octanol–water partition coefficient (Wildman–Crippen LogP) is 4.30. The number of rotatable bonds is 7. The minimum absolute atomic E-state index is 0.188. The molecule has 0 radical (unpaired) electrons. The molecule has 0 aliphatic rings. The number of nitrogens with one attached hydrogen (secondary N) is 2. The molecule has 2 N–H and O–H groups in total. The van der Waals surface area contributed by atoms with Crippen molar-refractivity contribution in [2.75, 3.05) is 11.1 Å². The molecule has 0 aliphatic heterocycles. The molecule has 3 rings (SSSR count). The number of H-pyrrole nitrogens is 1. The quantitative estimate of drug-likeness (QED) is 0.558. The largest absolute Gasteiger partial charge is 0.347 e. The number of nitrogens with zero attached hydrogens (tertiary/aromatic N) is 2. The molecule has 3 aromatic rings. The van der Waals surface area contributed by atoms with Crippen molar-refractivity contribution < 1.29 is 4.21 Å². The Morgan fingerprint density at radius 2 is 2.00 bits per heavy atom. The van der Waals surface area contributed by atoms with Crippen molar-refractivity contribution in [2.45, 2.75) is 38.3 Å². The average molecular weight is 419 g/mol. The van der Waals surface area contributed by atoms with Crippen molar-refractivity contribution in [3.05, 3.63) is 57.5 Å². The third kappa shape index (κ3) is 4.97. The van der Waals surface area contributed by atoms with E-state index >= 15 is 0 Å². The number of anilines is 1. The van der Waals surface area contributed by atoms with Crippen LogP contribution in [0.2, 0.25) is 5.02 Å². The van der Waals surface area contributed by atoms with Gasteiger partial charge in [0, 0.05) is 33.4 Å². The van der Waals surface area contributed by atoms with Crippen LogP contribution in [-0.2, 0) is 10.8 Å². The standard InChI is InChI=1S/C20H23ClN4O2S/c1-12(2)7-9-28(27)18-6-8-22-20(25-18)23-13(3)16-11-14-10-15(21)4-5-17(14)24-19(16)26/h4-6,8,10-13H,7,9H2,1-3H3,(H,24,26)(H,22,23,25)/t13-,28-/m0/s1. The molecule has 8 heteroatoms. The third-order valence-electron chi connectivity index (χ3n) is 4.39. The molecule has 148 valence electrons. The number of hydrogen-bond acceptors (Lipinski definition) is 5. The first-order valence-electron chi connectivity index (χ1n) is 9.14. The topological polar surface area (TPSA) is 87.7 Å². The summed E-state index contributed by atoms with van der Waals surface area (Å²) in [5.74, 6) is 1.39. The van der Waals surface area contributed by atoms with E-state index in [1.54, 1.807) is 30.5 Å². The molecule has 0 spiro atoms. The number of pyridine rings is 1. The van der Waals surface area contributed by atoms with Gasteiger partial charge >= 0.3 is 0 Å². The van der Waals surface area contributed by atoms with Gasteiger partial charge in [-0.3, -0.25) is 9.00 Å². The lowest BCUT2D eigenvalue weighted by Gasteiger charge is -2.14. The highest BCUT2D eigenvalue weighted by Gasteiger charge is 2.14. The second kappa shape index (κ2) is 8.84. The van der Waals surface area contributed by atoms with Crippen LogP contribution < -0.4 is 10.9 Å². The van der Waals surface area contributed by atoms with Gasteiger partial charge in [-0.25, -0.2) is 9.97 Å². The van der Waals surface area contributed by atoms with Crippen LogP contribution in [-0.4, -0.2) is 24.9 Å². The number of aromatic nitrogens is 3. The smallest absolute Gasteiger partial charge is 0.253 e. The van der Waals surface area contributed by atoms with E-state index < -0.39 is 10.8 Å².